The van der Waals surface area contributed by atoms with E-state index in [1.54, 1.807) is 0 Å². The number of fused-ring (bicyclic) bond motifs is 1. The van der Waals surface area contributed by atoms with Gasteiger partial charge in [0, 0.05) is 25.7 Å². The lowest BCUT2D eigenvalue weighted by atomic mass is 9.82. The first-order valence-electron chi connectivity index (χ1n) is 10.9. The van der Waals surface area contributed by atoms with E-state index in [2.05, 4.69) is 13.8 Å². The Morgan fingerprint density at radius 2 is 1.37 bits per heavy atom. The number of rotatable bonds is 5. The molecule has 2 fully saturated rings. The van der Waals surface area contributed by atoms with E-state index in [4.69, 9.17) is 0 Å². The van der Waals surface area contributed by atoms with E-state index >= 15 is 0 Å². The predicted molar refractivity (Wildman–Crippen MR) is 120 cm³/mol. The molecule has 0 aromatic heterocycles. The van der Waals surface area contributed by atoms with Gasteiger partial charge in [-0.2, -0.15) is 0 Å². The summed E-state index contributed by atoms with van der Waals surface area (Å²) in [6.07, 6.45) is 0. The van der Waals surface area contributed by atoms with Crippen molar-refractivity contribution in [3.63, 3.8) is 0 Å². The maximum atomic E-state index is 11.8. The first kappa shape index (κ1) is 24.3. The van der Waals surface area contributed by atoms with Gasteiger partial charge in [0.25, 0.3) is 0 Å². The second-order valence-electron chi connectivity index (χ2n) is 11.4. The molecule has 0 N–H and O–H groups in total. The number of likely N-dealkylation sites (tertiary alicyclic amines) is 1. The molecule has 2 amide bonds. The van der Waals surface area contributed by atoms with Crippen LogP contribution in [0.5, 0.6) is 0 Å². The van der Waals surface area contributed by atoms with Crippen molar-refractivity contribution in [3.05, 3.63) is 26.0 Å². The number of piperidine rings is 1. The highest BCUT2D eigenvalue weighted by molar-refractivity contribution is 6.10. The third-order valence-electron chi connectivity index (χ3n) is 6.10. The molecule has 1 aliphatic carbocycles. The minimum absolute atomic E-state index is 0.0197. The van der Waals surface area contributed by atoms with Gasteiger partial charge in [0.1, 0.15) is 0 Å². The molecular formula is C24H38N2O4. The van der Waals surface area contributed by atoms with Crippen molar-refractivity contribution in [2.45, 2.75) is 67.7 Å². The molecule has 0 bridgehead atoms. The van der Waals surface area contributed by atoms with Crippen LogP contribution in [-0.4, -0.2) is 36.9 Å². The number of hydrogen-bond acceptors (Lipinski definition) is 5. The van der Waals surface area contributed by atoms with E-state index in [0.29, 0.717) is 29.6 Å². The van der Waals surface area contributed by atoms with Crippen molar-refractivity contribution in [3.8, 4) is 0 Å². The van der Waals surface area contributed by atoms with E-state index in [-0.39, 0.29) is 45.3 Å². The van der Waals surface area contributed by atoms with Gasteiger partial charge >= 0.3 is 0 Å². The van der Waals surface area contributed by atoms with Crippen molar-refractivity contribution >= 4 is 17.5 Å². The fourth-order valence-electron chi connectivity index (χ4n) is 4.63. The molecule has 2 atom stereocenters. The van der Waals surface area contributed by atoms with Gasteiger partial charge in [-0.15, -0.1) is 0 Å². The Morgan fingerprint density at radius 1 is 0.900 bits per heavy atom. The van der Waals surface area contributed by atoms with Crippen LogP contribution in [-0.2, 0) is 15.0 Å². The Hall–Kier alpha value is -1.98. The highest BCUT2D eigenvalue weighted by Crippen LogP contribution is 2.63. The van der Waals surface area contributed by atoms with Gasteiger partial charge in [-0.25, -0.2) is 0 Å². The van der Waals surface area contributed by atoms with Gasteiger partial charge in [0.05, 0.1) is 17.5 Å². The molecule has 2 aliphatic rings. The second kappa shape index (κ2) is 7.93. The summed E-state index contributed by atoms with van der Waals surface area (Å²) < 4.78 is 0. The van der Waals surface area contributed by atoms with Gasteiger partial charge < -0.3 is 4.90 Å². The molecule has 3 rings (SSSR count). The van der Waals surface area contributed by atoms with Gasteiger partial charge in [0.2, 0.25) is 22.7 Å². The number of carbonyl (C=O) groups excluding carboxylic acids is 2. The molecule has 6 nitrogen and oxygen atoms in total. The number of imide groups is 1. The Bertz CT molecular complexity index is 873. The Morgan fingerprint density at radius 3 is 1.73 bits per heavy atom. The number of hydrogen-bond donors (Lipinski definition) is 0. The monoisotopic (exact) mass is 418 g/mol. The summed E-state index contributed by atoms with van der Waals surface area (Å²) in [6, 6.07) is 0. The molecule has 0 spiro atoms. The van der Waals surface area contributed by atoms with Crippen LogP contribution < -0.4 is 15.8 Å². The molecule has 0 radical (unpaired) electrons. The molecule has 1 saturated carbocycles. The first-order chi connectivity index (χ1) is 13.5. The van der Waals surface area contributed by atoms with E-state index in [9.17, 15) is 19.2 Å². The van der Waals surface area contributed by atoms with Gasteiger partial charge in [-0.05, 0) is 22.7 Å². The van der Waals surface area contributed by atoms with Crippen molar-refractivity contribution in [1.29, 1.82) is 0 Å². The number of amides is 2. The largest absolute Gasteiger partial charge is 0.371 e. The minimum atomic E-state index is -0.326. The van der Waals surface area contributed by atoms with Crippen LogP contribution in [0.4, 0.5) is 5.69 Å². The number of nitrogens with zero attached hydrogens (tertiary/aromatic N) is 2. The summed E-state index contributed by atoms with van der Waals surface area (Å²) >= 11 is 0. The van der Waals surface area contributed by atoms with Crippen LogP contribution >= 0.6 is 0 Å². The Kier molecular flexibility index (Phi) is 6.42. The van der Waals surface area contributed by atoms with Crippen LogP contribution in [0.2, 0.25) is 0 Å². The third-order valence-corrected chi connectivity index (χ3v) is 6.10. The first-order valence-corrected chi connectivity index (χ1v) is 10.9. The zero-order chi connectivity index (χ0) is 23.3. The molecule has 1 saturated heterocycles. The molecular weight excluding hydrogens is 380 g/mol. The van der Waals surface area contributed by atoms with Gasteiger partial charge in [0.15, 0.2) is 0 Å². The lowest BCUT2D eigenvalue weighted by molar-refractivity contribution is -0.143. The fourth-order valence-corrected chi connectivity index (χ4v) is 4.63. The third kappa shape index (κ3) is 4.23. The summed E-state index contributed by atoms with van der Waals surface area (Å²) in [4.78, 5) is 50.2. The standard InChI is InChI=1S/C13H21NO2.C11H17NO2/c1-8(2)7-14(6)10-9(13(3,4)5)11(15)12(10)16;1-6(2)5-12-9(13)7-8(10(12)14)11(7,3)4/h8H,7H2,1-6H3;6-8H,5H2,1-4H3. The lowest BCUT2D eigenvalue weighted by Gasteiger charge is -2.30. The van der Waals surface area contributed by atoms with Gasteiger partial charge in [-0.1, -0.05) is 62.3 Å². The van der Waals surface area contributed by atoms with E-state index < -0.39 is 0 Å². The summed E-state index contributed by atoms with van der Waals surface area (Å²) in [6.45, 7) is 19.5. The molecule has 6 heteroatoms. The molecule has 1 heterocycles. The van der Waals surface area contributed by atoms with Crippen molar-refractivity contribution in [1.82, 2.24) is 4.90 Å². The molecule has 1 aromatic rings. The summed E-state index contributed by atoms with van der Waals surface area (Å²) in [5, 5.41) is 0. The Labute approximate surface area is 180 Å². The maximum absolute atomic E-state index is 11.8. The van der Waals surface area contributed by atoms with Crippen LogP contribution in [0.15, 0.2) is 9.59 Å². The second-order valence-corrected chi connectivity index (χ2v) is 11.4. The van der Waals surface area contributed by atoms with E-state index in [0.717, 1.165) is 6.54 Å². The normalized spacial score (nSPS) is 22.5. The molecule has 168 valence electrons. The van der Waals surface area contributed by atoms with E-state index in [1.165, 1.54) is 4.90 Å². The van der Waals surface area contributed by atoms with Crippen LogP contribution in [0, 0.1) is 29.1 Å². The van der Waals surface area contributed by atoms with Crippen molar-refractivity contribution < 1.29 is 9.59 Å². The average Bonchev–Trinajstić information content (AvgIpc) is 3.05. The van der Waals surface area contributed by atoms with Gasteiger partial charge in [-0.3, -0.25) is 24.1 Å². The molecule has 1 aliphatic heterocycles. The number of anilines is 1. The van der Waals surface area contributed by atoms with Crippen LogP contribution in [0.1, 0.15) is 67.9 Å². The summed E-state index contributed by atoms with van der Waals surface area (Å²) in [5.74, 6) is 0.908. The zero-order valence-electron chi connectivity index (χ0n) is 20.3. The molecule has 2 unspecified atom stereocenters. The highest BCUT2D eigenvalue weighted by Gasteiger charge is 2.72. The summed E-state index contributed by atoms with van der Waals surface area (Å²) in [7, 11) is 1.88. The zero-order valence-corrected chi connectivity index (χ0v) is 20.3. The smallest absolute Gasteiger partial charge is 0.249 e. The minimum Gasteiger partial charge on any atom is -0.371 e. The SMILES string of the molecule is CC(C)CN(C)c1c(C(C)(C)C)c(=O)c1=O.CC(C)CN1C(=O)C2C(C1=O)C2(C)C. The topological polar surface area (TPSA) is 74.8 Å². The van der Waals surface area contributed by atoms with E-state index in [1.807, 2.05) is 60.4 Å². The predicted octanol–water partition coefficient (Wildman–Crippen LogP) is 2.96. The average molecular weight is 419 g/mol. The quantitative estimate of drug-likeness (QED) is 0.543. The highest BCUT2D eigenvalue weighted by atomic mass is 16.2. The Balaban J connectivity index is 0.000000215. The lowest BCUT2D eigenvalue weighted by Crippen LogP contribution is -2.47. The van der Waals surface area contributed by atoms with Crippen molar-refractivity contribution in [2.24, 2.45) is 29.1 Å². The van der Waals surface area contributed by atoms with Crippen LogP contribution in [0.3, 0.4) is 0 Å². The van der Waals surface area contributed by atoms with Crippen LogP contribution in [0.25, 0.3) is 0 Å². The summed E-state index contributed by atoms with van der Waals surface area (Å²) in [5.41, 5.74) is 0.353. The number of carbonyl (C=O) groups is 2. The maximum Gasteiger partial charge on any atom is 0.249 e. The fraction of sp³-hybridized carbons (Fsp3) is 0.750. The molecule has 30 heavy (non-hydrogen) atoms. The molecule has 1 aromatic carbocycles. The van der Waals surface area contributed by atoms with Crippen molar-refractivity contribution in [2.75, 3.05) is 25.0 Å².